The van der Waals surface area contributed by atoms with E-state index in [0.717, 1.165) is 18.5 Å². The van der Waals surface area contributed by atoms with Gasteiger partial charge in [-0.2, -0.15) is 0 Å². The number of piperidine rings is 1. The van der Waals surface area contributed by atoms with Crippen LogP contribution >= 0.6 is 0 Å². The Labute approximate surface area is 166 Å². The number of nitrogens with zero attached hydrogens (tertiary/aromatic N) is 1. The van der Waals surface area contributed by atoms with E-state index in [1.165, 1.54) is 22.6 Å². The van der Waals surface area contributed by atoms with E-state index in [-0.39, 0.29) is 5.92 Å². The number of hydrogen-bond donors (Lipinski definition) is 1. The van der Waals surface area contributed by atoms with Crippen LogP contribution in [0.2, 0.25) is 0 Å². The van der Waals surface area contributed by atoms with Gasteiger partial charge in [0.05, 0.1) is 11.0 Å². The standard InChI is InChI=1S/C23H25NO3S/c1-28(26,27)21-10-6-17(7-11-21)15-24-13-12-22(23(25)16-24)20-9-8-18-4-2-3-5-19(18)14-20/h2-11,14,22-23,25H,12-13,15-16H2,1H3/t22-,23+/m0/s1. The van der Waals surface area contributed by atoms with Gasteiger partial charge in [-0.1, -0.05) is 54.6 Å². The molecular formula is C23H25NO3S. The van der Waals surface area contributed by atoms with Crippen LogP contribution in [0, 0.1) is 0 Å². The Balaban J connectivity index is 1.43. The summed E-state index contributed by atoms with van der Waals surface area (Å²) in [5, 5.41) is 13.2. The van der Waals surface area contributed by atoms with Crippen molar-refractivity contribution in [2.24, 2.45) is 0 Å². The summed E-state index contributed by atoms with van der Waals surface area (Å²) >= 11 is 0. The van der Waals surface area contributed by atoms with E-state index in [1.807, 2.05) is 24.3 Å². The Morgan fingerprint density at radius 3 is 2.39 bits per heavy atom. The van der Waals surface area contributed by atoms with Crippen LogP contribution in [0.1, 0.15) is 23.5 Å². The van der Waals surface area contributed by atoms with E-state index in [2.05, 4.69) is 35.2 Å². The molecule has 0 aromatic heterocycles. The average molecular weight is 396 g/mol. The molecule has 0 bridgehead atoms. The molecule has 4 nitrogen and oxygen atoms in total. The first-order chi connectivity index (χ1) is 13.4. The minimum absolute atomic E-state index is 0.147. The summed E-state index contributed by atoms with van der Waals surface area (Å²) in [5.41, 5.74) is 2.26. The van der Waals surface area contributed by atoms with Gasteiger partial charge in [-0.25, -0.2) is 8.42 Å². The quantitative estimate of drug-likeness (QED) is 0.733. The number of fused-ring (bicyclic) bond motifs is 1. The van der Waals surface area contributed by atoms with Gasteiger partial charge in [-0.3, -0.25) is 4.90 Å². The molecule has 1 aliphatic rings. The van der Waals surface area contributed by atoms with Crippen LogP contribution in [0.25, 0.3) is 10.8 Å². The number of benzene rings is 3. The molecule has 3 aromatic rings. The Bertz CT molecular complexity index is 1080. The maximum Gasteiger partial charge on any atom is 0.175 e. The van der Waals surface area contributed by atoms with Crippen molar-refractivity contribution in [3.05, 3.63) is 77.9 Å². The summed E-state index contributed by atoms with van der Waals surface area (Å²) in [6, 6.07) is 21.8. The predicted octanol–water partition coefficient (Wildman–Crippen LogP) is 3.59. The van der Waals surface area contributed by atoms with Crippen molar-refractivity contribution in [2.75, 3.05) is 19.3 Å². The fourth-order valence-electron chi connectivity index (χ4n) is 4.07. The van der Waals surface area contributed by atoms with E-state index in [1.54, 1.807) is 12.1 Å². The second kappa shape index (κ2) is 7.66. The van der Waals surface area contributed by atoms with Crippen LogP contribution in [-0.4, -0.2) is 43.9 Å². The lowest BCUT2D eigenvalue weighted by molar-refractivity contribution is 0.0477. The molecule has 1 N–H and O–H groups in total. The molecule has 2 atom stereocenters. The number of rotatable bonds is 4. The minimum Gasteiger partial charge on any atom is -0.391 e. The fraction of sp³-hybridized carbons (Fsp3) is 0.304. The molecular weight excluding hydrogens is 370 g/mol. The zero-order chi connectivity index (χ0) is 19.7. The predicted molar refractivity (Wildman–Crippen MR) is 112 cm³/mol. The van der Waals surface area contributed by atoms with Crippen molar-refractivity contribution in [1.29, 1.82) is 0 Å². The zero-order valence-electron chi connectivity index (χ0n) is 16.0. The highest BCUT2D eigenvalue weighted by molar-refractivity contribution is 7.90. The van der Waals surface area contributed by atoms with Crippen LogP contribution in [0.4, 0.5) is 0 Å². The number of aliphatic hydroxyl groups is 1. The summed E-state index contributed by atoms with van der Waals surface area (Å²) in [7, 11) is -3.17. The van der Waals surface area contributed by atoms with Gasteiger partial charge >= 0.3 is 0 Å². The molecule has 3 aromatic carbocycles. The molecule has 4 rings (SSSR count). The largest absolute Gasteiger partial charge is 0.391 e. The Hall–Kier alpha value is -2.21. The van der Waals surface area contributed by atoms with Gasteiger partial charge in [0.1, 0.15) is 0 Å². The SMILES string of the molecule is CS(=O)(=O)c1ccc(CN2CC[C@@H](c3ccc4ccccc4c3)[C@H](O)C2)cc1. The molecule has 5 heteroatoms. The summed E-state index contributed by atoms with van der Waals surface area (Å²) in [5.74, 6) is 0.147. The highest BCUT2D eigenvalue weighted by Gasteiger charge is 2.29. The van der Waals surface area contributed by atoms with Gasteiger partial charge in [0.15, 0.2) is 9.84 Å². The Morgan fingerprint density at radius 1 is 1.00 bits per heavy atom. The molecule has 0 amide bonds. The van der Waals surface area contributed by atoms with Crippen molar-refractivity contribution in [2.45, 2.75) is 29.9 Å². The van der Waals surface area contributed by atoms with Crippen molar-refractivity contribution < 1.29 is 13.5 Å². The van der Waals surface area contributed by atoms with Gasteiger partial charge in [0.25, 0.3) is 0 Å². The molecule has 0 spiro atoms. The molecule has 0 aliphatic carbocycles. The van der Waals surface area contributed by atoms with Crippen LogP contribution in [-0.2, 0) is 16.4 Å². The Morgan fingerprint density at radius 2 is 1.71 bits per heavy atom. The Kier molecular flexibility index (Phi) is 5.23. The van der Waals surface area contributed by atoms with E-state index >= 15 is 0 Å². The summed E-state index contributed by atoms with van der Waals surface area (Å²) in [6.45, 7) is 2.24. The monoisotopic (exact) mass is 395 g/mol. The molecule has 28 heavy (non-hydrogen) atoms. The maximum absolute atomic E-state index is 11.6. The van der Waals surface area contributed by atoms with Crippen molar-refractivity contribution in [3.8, 4) is 0 Å². The molecule has 1 saturated heterocycles. The lowest BCUT2D eigenvalue weighted by atomic mass is 9.86. The van der Waals surface area contributed by atoms with Crippen LogP contribution in [0.5, 0.6) is 0 Å². The number of hydrogen-bond acceptors (Lipinski definition) is 4. The smallest absolute Gasteiger partial charge is 0.175 e. The van der Waals surface area contributed by atoms with Crippen molar-refractivity contribution >= 4 is 20.6 Å². The van der Waals surface area contributed by atoms with Crippen LogP contribution < -0.4 is 0 Å². The van der Waals surface area contributed by atoms with E-state index in [9.17, 15) is 13.5 Å². The molecule has 1 fully saturated rings. The first-order valence-corrected chi connectivity index (χ1v) is 11.5. The fourth-order valence-corrected chi connectivity index (χ4v) is 4.70. The molecule has 1 aliphatic heterocycles. The number of aliphatic hydroxyl groups excluding tert-OH is 1. The first-order valence-electron chi connectivity index (χ1n) is 9.58. The van der Waals surface area contributed by atoms with Crippen LogP contribution in [0.15, 0.2) is 71.6 Å². The van der Waals surface area contributed by atoms with E-state index < -0.39 is 15.9 Å². The second-order valence-corrected chi connectivity index (χ2v) is 9.74. The second-order valence-electron chi connectivity index (χ2n) is 7.72. The van der Waals surface area contributed by atoms with E-state index in [4.69, 9.17) is 0 Å². The number of β-amino-alcohol motifs (C(OH)–C–C–N with tert-alkyl or cyclic N) is 1. The molecule has 0 unspecified atom stereocenters. The van der Waals surface area contributed by atoms with Crippen LogP contribution in [0.3, 0.4) is 0 Å². The molecule has 146 valence electrons. The van der Waals surface area contributed by atoms with E-state index in [0.29, 0.717) is 18.0 Å². The maximum atomic E-state index is 11.6. The zero-order valence-corrected chi connectivity index (χ0v) is 16.8. The molecule has 0 radical (unpaired) electrons. The van der Waals surface area contributed by atoms with Gasteiger partial charge < -0.3 is 5.11 Å². The first kappa shape index (κ1) is 19.1. The summed E-state index contributed by atoms with van der Waals surface area (Å²) in [6.07, 6.45) is 1.71. The van der Waals surface area contributed by atoms with Crippen molar-refractivity contribution in [1.82, 2.24) is 4.90 Å². The van der Waals surface area contributed by atoms with Gasteiger partial charge in [-0.15, -0.1) is 0 Å². The number of likely N-dealkylation sites (tertiary alicyclic amines) is 1. The third-order valence-electron chi connectivity index (χ3n) is 5.63. The third kappa shape index (κ3) is 4.12. The number of sulfone groups is 1. The highest BCUT2D eigenvalue weighted by Crippen LogP contribution is 2.31. The normalized spacial score (nSPS) is 21.1. The third-order valence-corrected chi connectivity index (χ3v) is 6.75. The van der Waals surface area contributed by atoms with Gasteiger partial charge in [0.2, 0.25) is 0 Å². The average Bonchev–Trinajstić information content (AvgIpc) is 2.67. The minimum atomic E-state index is -3.17. The lowest BCUT2D eigenvalue weighted by Crippen LogP contribution is -2.42. The summed E-state index contributed by atoms with van der Waals surface area (Å²) in [4.78, 5) is 2.57. The highest BCUT2D eigenvalue weighted by atomic mass is 32.2. The van der Waals surface area contributed by atoms with Gasteiger partial charge in [0, 0.05) is 25.3 Å². The van der Waals surface area contributed by atoms with Crippen molar-refractivity contribution in [3.63, 3.8) is 0 Å². The lowest BCUT2D eigenvalue weighted by Gasteiger charge is -2.36. The molecule has 0 saturated carbocycles. The topological polar surface area (TPSA) is 57.6 Å². The van der Waals surface area contributed by atoms with Gasteiger partial charge in [-0.05, 0) is 47.0 Å². The summed E-state index contributed by atoms with van der Waals surface area (Å²) < 4.78 is 23.2. The molecule has 1 heterocycles.